The molecule has 2 aromatic heterocycles. The Morgan fingerprint density at radius 1 is 1.04 bits per heavy atom. The number of hydrogen-bond acceptors (Lipinski definition) is 7. The maximum atomic E-state index is 14.9. The summed E-state index contributed by atoms with van der Waals surface area (Å²) in [5.74, 6) is -3.37. The van der Waals surface area contributed by atoms with Gasteiger partial charge in [0.25, 0.3) is 5.91 Å². The van der Waals surface area contributed by atoms with E-state index in [9.17, 15) is 27.2 Å². The number of aromatic nitrogens is 3. The molecule has 6 heterocycles. The number of fused-ring (bicyclic) bond motifs is 3. The average Bonchev–Trinajstić information content (AvgIpc) is 3.51. The third-order valence-corrected chi connectivity index (χ3v) is 9.31. The van der Waals surface area contributed by atoms with Gasteiger partial charge in [-0.2, -0.15) is 13.2 Å². The van der Waals surface area contributed by atoms with E-state index in [2.05, 4.69) is 25.3 Å². The van der Waals surface area contributed by atoms with Crippen molar-refractivity contribution < 1.29 is 31.9 Å². The number of rotatable bonds is 8. The van der Waals surface area contributed by atoms with Crippen LogP contribution in [-0.4, -0.2) is 80.9 Å². The monoisotopic (exact) mass is 651 g/mol. The number of carbonyl (C=O) groups is 2. The first-order chi connectivity index (χ1) is 22.7. The topological polar surface area (TPSA) is 104 Å². The molecule has 4 aromatic rings. The maximum absolute atomic E-state index is 14.9. The van der Waals surface area contributed by atoms with Gasteiger partial charge in [0, 0.05) is 73.4 Å². The lowest BCUT2D eigenvalue weighted by atomic mass is 9.88. The summed E-state index contributed by atoms with van der Waals surface area (Å²) in [5, 5.41) is 6.66. The largest absolute Gasteiger partial charge is 0.432 e. The number of halogens is 4. The molecule has 0 radical (unpaired) electrons. The number of carbonyl (C=O) groups excluding carboxylic acids is 2. The third-order valence-electron chi connectivity index (χ3n) is 9.31. The first-order valence-corrected chi connectivity index (χ1v) is 15.7. The molecule has 4 aliphatic rings. The van der Waals surface area contributed by atoms with Crippen LogP contribution in [0.15, 0.2) is 48.9 Å². The summed E-state index contributed by atoms with van der Waals surface area (Å²) in [6.07, 6.45) is 7.35. The van der Waals surface area contributed by atoms with E-state index in [-0.39, 0.29) is 29.0 Å². The van der Waals surface area contributed by atoms with Crippen molar-refractivity contribution in [3.63, 3.8) is 0 Å². The molecule has 47 heavy (non-hydrogen) atoms. The zero-order valence-electron chi connectivity index (χ0n) is 25.6. The van der Waals surface area contributed by atoms with Gasteiger partial charge in [0.1, 0.15) is 0 Å². The van der Waals surface area contributed by atoms with Crippen molar-refractivity contribution in [2.45, 2.75) is 51.3 Å². The third kappa shape index (κ3) is 5.86. The lowest BCUT2D eigenvalue weighted by Crippen LogP contribution is -2.68. The number of benzene rings is 2. The van der Waals surface area contributed by atoms with E-state index in [1.54, 1.807) is 12.1 Å². The minimum atomic E-state index is -3.30. The highest BCUT2D eigenvalue weighted by molar-refractivity contribution is 5.96. The van der Waals surface area contributed by atoms with Crippen LogP contribution in [0.25, 0.3) is 16.9 Å². The minimum absolute atomic E-state index is 0.0541. The first-order valence-electron chi connectivity index (χ1n) is 15.7. The van der Waals surface area contributed by atoms with Gasteiger partial charge in [-0.05, 0) is 61.6 Å². The van der Waals surface area contributed by atoms with E-state index >= 15 is 0 Å². The number of nitrogens with zero attached hydrogens (tertiary/aromatic N) is 5. The van der Waals surface area contributed by atoms with Gasteiger partial charge >= 0.3 is 6.61 Å². The second-order valence-electron chi connectivity index (χ2n) is 12.2. The summed E-state index contributed by atoms with van der Waals surface area (Å²) >= 11 is 0. The van der Waals surface area contributed by atoms with Gasteiger partial charge in [0.2, 0.25) is 11.7 Å². The van der Waals surface area contributed by atoms with Crippen molar-refractivity contribution in [3.8, 4) is 17.0 Å². The smallest absolute Gasteiger partial charge is 0.387 e. The number of likely N-dealkylation sites (tertiary alicyclic amines) is 1. The van der Waals surface area contributed by atoms with E-state index in [0.29, 0.717) is 67.2 Å². The van der Waals surface area contributed by atoms with Crippen LogP contribution in [0, 0.1) is 17.6 Å². The molecule has 0 spiro atoms. The molecule has 0 aliphatic carbocycles. The molecule has 10 nitrogen and oxygen atoms in total. The van der Waals surface area contributed by atoms with Crippen molar-refractivity contribution in [1.29, 1.82) is 0 Å². The predicted molar refractivity (Wildman–Crippen MR) is 165 cm³/mol. The van der Waals surface area contributed by atoms with E-state index in [0.717, 1.165) is 37.2 Å². The quantitative estimate of drug-likeness (QED) is 0.259. The van der Waals surface area contributed by atoms with Crippen LogP contribution in [0.2, 0.25) is 0 Å². The van der Waals surface area contributed by atoms with E-state index in [1.807, 2.05) is 22.8 Å². The number of alkyl halides is 2. The lowest BCUT2D eigenvalue weighted by molar-refractivity contribution is -0.141. The van der Waals surface area contributed by atoms with Gasteiger partial charge in [-0.25, -0.2) is 14.4 Å². The van der Waals surface area contributed by atoms with Gasteiger partial charge in [-0.1, -0.05) is 6.92 Å². The molecule has 2 unspecified atom stereocenters. The molecule has 246 valence electrons. The summed E-state index contributed by atoms with van der Waals surface area (Å²) in [6.45, 7) is 1.26. The molecular weight excluding hydrogens is 618 g/mol. The van der Waals surface area contributed by atoms with Gasteiger partial charge in [-0.15, -0.1) is 0 Å². The summed E-state index contributed by atoms with van der Waals surface area (Å²) in [7, 11) is 0. The highest BCUT2D eigenvalue weighted by Crippen LogP contribution is 2.33. The number of amides is 2. The van der Waals surface area contributed by atoms with Gasteiger partial charge < -0.3 is 25.2 Å². The Labute approximate surface area is 267 Å². The average molecular weight is 652 g/mol. The van der Waals surface area contributed by atoms with Crippen LogP contribution in [0.4, 0.5) is 29.1 Å². The number of nitrogens with one attached hydrogen (secondary N) is 2. The number of hydrogen-bond donors (Lipinski definition) is 2. The molecule has 2 N–H and O–H groups in total. The molecule has 2 aromatic carbocycles. The summed E-state index contributed by atoms with van der Waals surface area (Å²) in [6, 6.07) is 8.32. The van der Waals surface area contributed by atoms with Gasteiger partial charge in [-0.3, -0.25) is 14.0 Å². The number of anilines is 2. The number of piperazine rings is 1. The minimum Gasteiger partial charge on any atom is -0.432 e. The molecule has 4 fully saturated rings. The predicted octanol–water partition coefficient (Wildman–Crippen LogP) is 5.01. The maximum Gasteiger partial charge on any atom is 0.387 e. The molecule has 14 heteroatoms. The van der Waals surface area contributed by atoms with Crippen LogP contribution >= 0.6 is 0 Å². The van der Waals surface area contributed by atoms with Crippen molar-refractivity contribution in [2.24, 2.45) is 5.92 Å². The Balaban J connectivity index is 1.05. The van der Waals surface area contributed by atoms with E-state index < -0.39 is 24.0 Å². The highest BCUT2D eigenvalue weighted by Gasteiger charge is 2.40. The standard InChI is InChI=1S/C33H33F4N7O3/c1-2-18-13-20(3-4-23(18)32(46)42-10-7-19(8-11-42)31(45)43-16-21-14-22(17-43)40-21)41-29-30-39-15-25(44(30)12-9-38-29)24-5-6-26(47-33(36)37)28(35)27(24)34/h3-6,9,12-13,15,19,21-22,33,40H,2,7-8,10-11,14,16-17H2,1H3,(H,38,41). The summed E-state index contributed by atoms with van der Waals surface area (Å²) in [4.78, 5) is 39.2. The molecule has 4 aliphatic heterocycles. The fraction of sp³-hybridized carbons (Fsp3) is 0.394. The SMILES string of the molecule is CCc1cc(Nc2nccn3c(-c4ccc(OC(F)F)c(F)c4F)cnc23)ccc1C(=O)N1CCC(C(=O)N2CC3CC(C2)N3)CC1. The molecule has 2 amide bonds. The van der Waals surface area contributed by atoms with Crippen molar-refractivity contribution in [1.82, 2.24) is 29.5 Å². The van der Waals surface area contributed by atoms with Crippen molar-refractivity contribution in [3.05, 3.63) is 71.7 Å². The van der Waals surface area contributed by atoms with Gasteiger partial charge in [0.05, 0.1) is 11.9 Å². The van der Waals surface area contributed by atoms with Crippen LogP contribution in [0.3, 0.4) is 0 Å². The molecule has 0 saturated carbocycles. The summed E-state index contributed by atoms with van der Waals surface area (Å²) in [5.41, 5.74) is 2.36. The zero-order chi connectivity index (χ0) is 32.8. The molecular formula is C33H33F4N7O3. The molecule has 2 bridgehead atoms. The normalized spacial score (nSPS) is 19.6. The Hall–Kier alpha value is -4.72. The Morgan fingerprint density at radius 2 is 1.79 bits per heavy atom. The fourth-order valence-electron chi connectivity index (χ4n) is 6.88. The number of imidazole rings is 1. The Morgan fingerprint density at radius 3 is 2.49 bits per heavy atom. The molecule has 2 atom stereocenters. The fourth-order valence-corrected chi connectivity index (χ4v) is 6.88. The van der Waals surface area contributed by atoms with Crippen molar-refractivity contribution in [2.75, 3.05) is 31.5 Å². The lowest BCUT2D eigenvalue weighted by Gasteiger charge is -2.49. The van der Waals surface area contributed by atoms with Crippen LogP contribution in [-0.2, 0) is 11.2 Å². The van der Waals surface area contributed by atoms with Crippen LogP contribution in [0.5, 0.6) is 5.75 Å². The summed E-state index contributed by atoms with van der Waals surface area (Å²) < 4.78 is 60.0. The zero-order valence-corrected chi connectivity index (χ0v) is 25.6. The first kappa shape index (κ1) is 30.9. The van der Waals surface area contributed by atoms with E-state index in [4.69, 9.17) is 0 Å². The number of ether oxygens (including phenoxy) is 1. The highest BCUT2D eigenvalue weighted by atomic mass is 19.3. The second kappa shape index (κ2) is 12.5. The van der Waals surface area contributed by atoms with Crippen LogP contribution in [0.1, 0.15) is 42.1 Å². The molecule has 8 rings (SSSR count). The number of piperidine rings is 2. The van der Waals surface area contributed by atoms with Crippen LogP contribution < -0.4 is 15.4 Å². The van der Waals surface area contributed by atoms with E-state index in [1.165, 1.54) is 23.0 Å². The Bertz CT molecular complexity index is 1830. The molecule has 4 saturated heterocycles. The Kier molecular flexibility index (Phi) is 8.20. The van der Waals surface area contributed by atoms with Gasteiger partial charge in [0.15, 0.2) is 23.0 Å². The second-order valence-corrected chi connectivity index (χ2v) is 12.2. The number of aryl methyl sites for hydroxylation is 1. The van der Waals surface area contributed by atoms with Crippen molar-refractivity contribution >= 4 is 29.0 Å².